The first-order valence-corrected chi connectivity index (χ1v) is 5.95. The summed E-state index contributed by atoms with van der Waals surface area (Å²) >= 11 is 1.83. The molecule has 2 unspecified atom stereocenters. The van der Waals surface area contributed by atoms with Crippen LogP contribution >= 0.6 is 11.8 Å². The van der Waals surface area contributed by atoms with Crippen LogP contribution in [0.25, 0.3) is 0 Å². The fourth-order valence-electron chi connectivity index (χ4n) is 1.59. The second-order valence-electron chi connectivity index (χ2n) is 3.56. The Balaban J connectivity index is 1.82. The molecular weight excluding hydrogens is 194 g/mol. The van der Waals surface area contributed by atoms with Crippen molar-refractivity contribution < 1.29 is 5.11 Å². The zero-order valence-electron chi connectivity index (χ0n) is 8.02. The largest absolute Gasteiger partial charge is 0.391 e. The Kier molecular flexibility index (Phi) is 3.45. The van der Waals surface area contributed by atoms with Crippen LogP contribution in [0.4, 0.5) is 0 Å². The summed E-state index contributed by atoms with van der Waals surface area (Å²) in [5, 5.41) is 13.1. The molecule has 0 spiro atoms. The molecule has 1 aliphatic heterocycles. The Labute approximate surface area is 88.7 Å². The average Bonchev–Trinajstić information content (AvgIpc) is 2.63. The second-order valence-corrected chi connectivity index (χ2v) is 4.79. The van der Waals surface area contributed by atoms with Gasteiger partial charge in [-0.3, -0.25) is 0 Å². The molecule has 2 N–H and O–H groups in total. The molecule has 3 heteroatoms. The molecule has 1 heterocycles. The molecule has 76 valence electrons. The van der Waals surface area contributed by atoms with E-state index in [-0.39, 0.29) is 6.10 Å². The van der Waals surface area contributed by atoms with Crippen molar-refractivity contribution in [2.75, 3.05) is 13.1 Å². The summed E-state index contributed by atoms with van der Waals surface area (Å²) in [7, 11) is 0. The zero-order valence-corrected chi connectivity index (χ0v) is 8.83. The van der Waals surface area contributed by atoms with Gasteiger partial charge in [-0.25, -0.2) is 0 Å². The number of benzene rings is 1. The Morgan fingerprint density at radius 3 is 2.71 bits per heavy atom. The predicted octanol–water partition coefficient (Wildman–Crippen LogP) is 1.25. The van der Waals surface area contributed by atoms with Gasteiger partial charge in [0.05, 0.1) is 6.10 Å². The van der Waals surface area contributed by atoms with E-state index in [1.54, 1.807) is 0 Å². The Bertz CT molecular complexity index is 278. The Morgan fingerprint density at radius 1 is 1.29 bits per heavy atom. The number of thioether (sulfide) groups is 1. The van der Waals surface area contributed by atoms with E-state index in [1.165, 1.54) is 5.56 Å². The highest BCUT2D eigenvalue weighted by Crippen LogP contribution is 2.22. The van der Waals surface area contributed by atoms with Crippen LogP contribution in [-0.4, -0.2) is 29.5 Å². The molecule has 1 fully saturated rings. The lowest BCUT2D eigenvalue weighted by Gasteiger charge is -2.12. The van der Waals surface area contributed by atoms with E-state index in [2.05, 4.69) is 29.6 Å². The van der Waals surface area contributed by atoms with Gasteiger partial charge >= 0.3 is 0 Å². The van der Waals surface area contributed by atoms with E-state index in [9.17, 15) is 5.11 Å². The number of nitrogens with one attached hydrogen (secondary N) is 1. The van der Waals surface area contributed by atoms with Crippen LogP contribution in [0, 0.1) is 0 Å². The van der Waals surface area contributed by atoms with E-state index in [4.69, 9.17) is 0 Å². The van der Waals surface area contributed by atoms with Crippen molar-refractivity contribution in [2.24, 2.45) is 0 Å². The smallest absolute Gasteiger partial charge is 0.0795 e. The number of aliphatic hydroxyl groups excluding tert-OH is 1. The van der Waals surface area contributed by atoms with E-state index in [0.717, 1.165) is 18.8 Å². The maximum absolute atomic E-state index is 9.58. The van der Waals surface area contributed by atoms with Gasteiger partial charge in [-0.15, -0.1) is 11.8 Å². The quantitative estimate of drug-likeness (QED) is 0.786. The van der Waals surface area contributed by atoms with Gasteiger partial charge in [-0.1, -0.05) is 30.3 Å². The van der Waals surface area contributed by atoms with E-state index < -0.39 is 0 Å². The maximum atomic E-state index is 9.58. The standard InChI is InChI=1S/C11H15NOS/c13-10-6-12-7-11(10)14-8-9-4-2-1-3-5-9/h1-5,10-13H,6-8H2. The van der Waals surface area contributed by atoms with Crippen LogP contribution in [0.2, 0.25) is 0 Å². The van der Waals surface area contributed by atoms with Gasteiger partial charge in [0.1, 0.15) is 0 Å². The lowest BCUT2D eigenvalue weighted by molar-refractivity contribution is 0.201. The van der Waals surface area contributed by atoms with Gasteiger partial charge in [0.15, 0.2) is 0 Å². The highest BCUT2D eigenvalue weighted by Gasteiger charge is 2.24. The summed E-state index contributed by atoms with van der Waals surface area (Å²) in [5.74, 6) is 0.990. The van der Waals surface area contributed by atoms with Gasteiger partial charge in [-0.2, -0.15) is 0 Å². The molecule has 0 saturated carbocycles. The van der Waals surface area contributed by atoms with Crippen LogP contribution in [0.1, 0.15) is 5.56 Å². The van der Waals surface area contributed by atoms with Crippen molar-refractivity contribution in [3.63, 3.8) is 0 Å². The molecule has 0 bridgehead atoms. The van der Waals surface area contributed by atoms with Crippen molar-refractivity contribution in [1.82, 2.24) is 5.32 Å². The zero-order chi connectivity index (χ0) is 9.80. The van der Waals surface area contributed by atoms with Crippen LogP contribution < -0.4 is 5.32 Å². The summed E-state index contributed by atoms with van der Waals surface area (Å²) in [6.07, 6.45) is -0.177. The molecule has 1 aliphatic rings. The van der Waals surface area contributed by atoms with Gasteiger partial charge in [0.2, 0.25) is 0 Å². The van der Waals surface area contributed by atoms with E-state index in [0.29, 0.717) is 5.25 Å². The highest BCUT2D eigenvalue weighted by atomic mass is 32.2. The third kappa shape index (κ3) is 2.50. The molecule has 2 rings (SSSR count). The van der Waals surface area contributed by atoms with Crippen LogP contribution in [0.3, 0.4) is 0 Å². The molecule has 1 saturated heterocycles. The molecule has 1 aromatic rings. The fraction of sp³-hybridized carbons (Fsp3) is 0.455. The minimum absolute atomic E-state index is 0.177. The molecule has 0 amide bonds. The Hall–Kier alpha value is -0.510. The number of hydrogen-bond donors (Lipinski definition) is 2. The highest BCUT2D eigenvalue weighted by molar-refractivity contribution is 7.99. The van der Waals surface area contributed by atoms with E-state index in [1.807, 2.05) is 17.8 Å². The number of hydrogen-bond acceptors (Lipinski definition) is 3. The second kappa shape index (κ2) is 4.82. The van der Waals surface area contributed by atoms with Gasteiger partial charge in [0, 0.05) is 24.1 Å². The summed E-state index contributed by atoms with van der Waals surface area (Å²) < 4.78 is 0. The minimum Gasteiger partial charge on any atom is -0.391 e. The van der Waals surface area contributed by atoms with Crippen molar-refractivity contribution >= 4 is 11.8 Å². The first-order chi connectivity index (χ1) is 6.86. The molecule has 14 heavy (non-hydrogen) atoms. The van der Waals surface area contributed by atoms with Crippen LogP contribution in [0.15, 0.2) is 30.3 Å². The normalized spacial score (nSPS) is 26.6. The van der Waals surface area contributed by atoms with Crippen molar-refractivity contribution in [3.8, 4) is 0 Å². The Morgan fingerprint density at radius 2 is 2.07 bits per heavy atom. The number of rotatable bonds is 3. The molecule has 0 aliphatic carbocycles. The molecular formula is C11H15NOS. The summed E-state index contributed by atoms with van der Waals surface area (Å²) in [6.45, 7) is 1.67. The predicted molar refractivity (Wildman–Crippen MR) is 60.4 cm³/mol. The first-order valence-electron chi connectivity index (χ1n) is 4.90. The van der Waals surface area contributed by atoms with Crippen LogP contribution in [0.5, 0.6) is 0 Å². The van der Waals surface area contributed by atoms with Crippen LogP contribution in [-0.2, 0) is 5.75 Å². The summed E-state index contributed by atoms with van der Waals surface area (Å²) in [4.78, 5) is 0. The average molecular weight is 209 g/mol. The number of aliphatic hydroxyl groups is 1. The molecule has 0 radical (unpaired) electrons. The lowest BCUT2D eigenvalue weighted by Crippen LogP contribution is -2.20. The first kappa shape index (κ1) is 10.0. The monoisotopic (exact) mass is 209 g/mol. The van der Waals surface area contributed by atoms with E-state index >= 15 is 0 Å². The maximum Gasteiger partial charge on any atom is 0.0795 e. The molecule has 1 aromatic carbocycles. The third-order valence-corrected chi connectivity index (χ3v) is 3.84. The van der Waals surface area contributed by atoms with Gasteiger partial charge < -0.3 is 10.4 Å². The van der Waals surface area contributed by atoms with Gasteiger partial charge in [0.25, 0.3) is 0 Å². The molecule has 2 nitrogen and oxygen atoms in total. The lowest BCUT2D eigenvalue weighted by atomic mass is 10.2. The molecule has 0 aromatic heterocycles. The fourth-order valence-corrected chi connectivity index (χ4v) is 2.74. The van der Waals surface area contributed by atoms with Crippen molar-refractivity contribution in [2.45, 2.75) is 17.1 Å². The topological polar surface area (TPSA) is 32.3 Å². The minimum atomic E-state index is -0.177. The van der Waals surface area contributed by atoms with Crippen molar-refractivity contribution in [1.29, 1.82) is 0 Å². The SMILES string of the molecule is OC1CNCC1SCc1ccccc1. The summed E-state index contributed by atoms with van der Waals surface area (Å²) in [5.41, 5.74) is 1.33. The third-order valence-electron chi connectivity index (χ3n) is 2.44. The van der Waals surface area contributed by atoms with Gasteiger partial charge in [-0.05, 0) is 5.56 Å². The number of β-amino-alcohol motifs (C(OH)–C–C–N with tert-alkyl or cyclic N) is 1. The molecule has 2 atom stereocenters. The van der Waals surface area contributed by atoms with Crippen molar-refractivity contribution in [3.05, 3.63) is 35.9 Å². The summed E-state index contributed by atoms with van der Waals surface area (Å²) in [6, 6.07) is 10.4.